The van der Waals surface area contributed by atoms with Gasteiger partial charge in [-0.1, -0.05) is 18.2 Å². The standard InChI is InChI=1S/C6H8N2O.ClH/c9-8-7-6-4-2-1-3-5-6;/h1-5,7-9H;1H. The van der Waals surface area contributed by atoms with Crippen molar-refractivity contribution in [1.82, 2.24) is 5.59 Å². The highest BCUT2D eigenvalue weighted by atomic mass is 35.5. The van der Waals surface area contributed by atoms with Gasteiger partial charge in [0.15, 0.2) is 0 Å². The van der Waals surface area contributed by atoms with Crippen LogP contribution in [0, 0.1) is 0 Å². The summed E-state index contributed by atoms with van der Waals surface area (Å²) in [6.45, 7) is 0. The van der Waals surface area contributed by atoms with Crippen LogP contribution in [0.3, 0.4) is 0 Å². The van der Waals surface area contributed by atoms with E-state index in [0.717, 1.165) is 5.69 Å². The summed E-state index contributed by atoms with van der Waals surface area (Å²) in [5, 5.41) is 8.16. The van der Waals surface area contributed by atoms with Crippen LogP contribution in [-0.2, 0) is 0 Å². The van der Waals surface area contributed by atoms with Crippen molar-refractivity contribution in [3.05, 3.63) is 30.3 Å². The molecule has 0 aliphatic heterocycles. The van der Waals surface area contributed by atoms with Gasteiger partial charge in [0.1, 0.15) is 0 Å². The molecule has 0 unspecified atom stereocenters. The van der Waals surface area contributed by atoms with Crippen LogP contribution >= 0.6 is 12.4 Å². The third-order valence-corrected chi connectivity index (χ3v) is 0.974. The molecule has 0 saturated heterocycles. The zero-order valence-electron chi connectivity index (χ0n) is 5.24. The van der Waals surface area contributed by atoms with Gasteiger partial charge in [0.25, 0.3) is 0 Å². The number of hydrogen-bond donors (Lipinski definition) is 3. The molecule has 0 spiro atoms. The molecule has 1 rings (SSSR count). The molecule has 0 bridgehead atoms. The van der Waals surface area contributed by atoms with Crippen LogP contribution < -0.4 is 11.0 Å². The molecule has 1 aromatic rings. The third kappa shape index (κ3) is 2.68. The van der Waals surface area contributed by atoms with Crippen LogP contribution in [0.5, 0.6) is 0 Å². The number of anilines is 1. The fraction of sp³-hybridized carbons (Fsp3) is 0. The molecule has 0 aliphatic carbocycles. The molecule has 0 atom stereocenters. The second-order valence-electron chi connectivity index (χ2n) is 1.60. The van der Waals surface area contributed by atoms with Crippen molar-refractivity contribution in [3.8, 4) is 0 Å². The van der Waals surface area contributed by atoms with Crippen LogP contribution in [0.2, 0.25) is 0 Å². The highest BCUT2D eigenvalue weighted by Crippen LogP contribution is 2.01. The van der Waals surface area contributed by atoms with Gasteiger partial charge in [-0.05, 0) is 12.1 Å². The average Bonchev–Trinajstić information content (AvgIpc) is 1.91. The molecule has 0 amide bonds. The summed E-state index contributed by atoms with van der Waals surface area (Å²) in [6, 6.07) is 9.33. The first-order valence-electron chi connectivity index (χ1n) is 2.63. The second kappa shape index (κ2) is 5.05. The molecule has 0 aliphatic rings. The molecule has 10 heavy (non-hydrogen) atoms. The van der Waals surface area contributed by atoms with Crippen LogP contribution in [0.4, 0.5) is 5.69 Å². The number of halogens is 1. The quantitative estimate of drug-likeness (QED) is 0.574. The lowest BCUT2D eigenvalue weighted by molar-refractivity contribution is 0.193. The van der Waals surface area contributed by atoms with Gasteiger partial charge in [-0.3, -0.25) is 10.6 Å². The first kappa shape index (κ1) is 9.23. The Hall–Kier alpha value is -0.770. The van der Waals surface area contributed by atoms with Crippen molar-refractivity contribution < 1.29 is 5.21 Å². The number of hydrazine groups is 1. The fourth-order valence-electron chi connectivity index (χ4n) is 0.586. The molecular weight excluding hydrogens is 152 g/mol. The van der Waals surface area contributed by atoms with Gasteiger partial charge in [-0.2, -0.15) is 0 Å². The summed E-state index contributed by atoms with van der Waals surface area (Å²) in [7, 11) is 0. The molecule has 56 valence electrons. The zero-order chi connectivity index (χ0) is 6.53. The summed E-state index contributed by atoms with van der Waals surface area (Å²) in [5.74, 6) is 0. The molecule has 0 saturated carbocycles. The lowest BCUT2D eigenvalue weighted by Crippen LogP contribution is -2.15. The van der Waals surface area contributed by atoms with Crippen molar-refractivity contribution in [2.24, 2.45) is 0 Å². The Bertz CT molecular complexity index is 169. The number of rotatable bonds is 2. The molecule has 0 aromatic heterocycles. The van der Waals surface area contributed by atoms with E-state index in [4.69, 9.17) is 5.21 Å². The van der Waals surface area contributed by atoms with E-state index in [2.05, 4.69) is 5.43 Å². The Labute approximate surface area is 65.4 Å². The third-order valence-electron chi connectivity index (χ3n) is 0.974. The SMILES string of the molecule is Cl.ONNc1ccccc1. The Morgan fingerprint density at radius 1 is 1.10 bits per heavy atom. The van der Waals surface area contributed by atoms with E-state index in [1.165, 1.54) is 0 Å². The Balaban J connectivity index is 0.000000810. The number of nitrogens with one attached hydrogen (secondary N) is 2. The second-order valence-corrected chi connectivity index (χ2v) is 1.60. The maximum absolute atomic E-state index is 8.16. The van der Waals surface area contributed by atoms with Gasteiger partial charge in [-0.25, -0.2) is 0 Å². The largest absolute Gasteiger partial charge is 0.299 e. The molecule has 0 radical (unpaired) electrons. The van der Waals surface area contributed by atoms with E-state index in [9.17, 15) is 0 Å². The van der Waals surface area contributed by atoms with Crippen molar-refractivity contribution in [2.75, 3.05) is 5.43 Å². The number of benzene rings is 1. The molecule has 3 nitrogen and oxygen atoms in total. The fourth-order valence-corrected chi connectivity index (χ4v) is 0.586. The lowest BCUT2D eigenvalue weighted by atomic mass is 10.3. The predicted octanol–water partition coefficient (Wildman–Crippen LogP) is 1.41. The number of hydrogen-bond acceptors (Lipinski definition) is 3. The van der Waals surface area contributed by atoms with Crippen molar-refractivity contribution >= 4 is 18.1 Å². The predicted molar refractivity (Wildman–Crippen MR) is 42.2 cm³/mol. The van der Waals surface area contributed by atoms with Crippen LogP contribution in [0.25, 0.3) is 0 Å². The highest BCUT2D eigenvalue weighted by Gasteiger charge is 1.81. The molecule has 3 N–H and O–H groups in total. The lowest BCUT2D eigenvalue weighted by Gasteiger charge is -1.99. The Morgan fingerprint density at radius 3 is 2.20 bits per heavy atom. The van der Waals surface area contributed by atoms with Gasteiger partial charge in [0.05, 0.1) is 5.69 Å². The van der Waals surface area contributed by atoms with E-state index in [-0.39, 0.29) is 12.4 Å². The summed E-state index contributed by atoms with van der Waals surface area (Å²) in [5.41, 5.74) is 5.18. The first-order chi connectivity index (χ1) is 4.43. The van der Waals surface area contributed by atoms with Crippen LogP contribution in [0.1, 0.15) is 0 Å². The van der Waals surface area contributed by atoms with Crippen molar-refractivity contribution in [3.63, 3.8) is 0 Å². The monoisotopic (exact) mass is 160 g/mol. The maximum Gasteiger partial charge on any atom is 0.0509 e. The van der Waals surface area contributed by atoms with Gasteiger partial charge >= 0.3 is 0 Å². The molecule has 4 heteroatoms. The van der Waals surface area contributed by atoms with Crippen molar-refractivity contribution in [2.45, 2.75) is 0 Å². The zero-order valence-corrected chi connectivity index (χ0v) is 6.06. The van der Waals surface area contributed by atoms with Crippen LogP contribution in [0.15, 0.2) is 30.3 Å². The molecule has 0 heterocycles. The molecular formula is C6H9ClN2O. The minimum absolute atomic E-state index is 0. The Morgan fingerprint density at radius 2 is 1.70 bits per heavy atom. The van der Waals surface area contributed by atoms with E-state index < -0.39 is 0 Å². The van der Waals surface area contributed by atoms with E-state index in [1.807, 2.05) is 35.9 Å². The topological polar surface area (TPSA) is 44.3 Å². The summed E-state index contributed by atoms with van der Waals surface area (Å²) in [6.07, 6.45) is 0. The summed E-state index contributed by atoms with van der Waals surface area (Å²) < 4.78 is 0. The average molecular weight is 161 g/mol. The van der Waals surface area contributed by atoms with Gasteiger partial charge in [-0.15, -0.1) is 18.0 Å². The van der Waals surface area contributed by atoms with E-state index >= 15 is 0 Å². The van der Waals surface area contributed by atoms with Gasteiger partial charge in [0, 0.05) is 0 Å². The minimum Gasteiger partial charge on any atom is -0.299 e. The summed E-state index contributed by atoms with van der Waals surface area (Å²) >= 11 is 0. The minimum atomic E-state index is 0. The highest BCUT2D eigenvalue weighted by molar-refractivity contribution is 5.85. The molecule has 0 fully saturated rings. The van der Waals surface area contributed by atoms with Crippen molar-refractivity contribution in [1.29, 1.82) is 0 Å². The van der Waals surface area contributed by atoms with E-state index in [1.54, 1.807) is 0 Å². The van der Waals surface area contributed by atoms with Gasteiger partial charge < -0.3 is 0 Å². The summed E-state index contributed by atoms with van der Waals surface area (Å²) in [4.78, 5) is 0. The molecule has 1 aromatic carbocycles. The van der Waals surface area contributed by atoms with E-state index in [0.29, 0.717) is 0 Å². The smallest absolute Gasteiger partial charge is 0.0509 e. The normalized spacial score (nSPS) is 8.10. The van der Waals surface area contributed by atoms with Gasteiger partial charge in [0.2, 0.25) is 0 Å². The number of para-hydroxylation sites is 1. The maximum atomic E-state index is 8.16. The van der Waals surface area contributed by atoms with Crippen LogP contribution in [-0.4, -0.2) is 5.21 Å². The first-order valence-corrected chi connectivity index (χ1v) is 2.63. The Kier molecular flexibility index (Phi) is 4.66.